The van der Waals surface area contributed by atoms with Gasteiger partial charge < -0.3 is 10.7 Å². The van der Waals surface area contributed by atoms with E-state index in [0.29, 0.717) is 0 Å². The largest absolute Gasteiger partial charge is 0.348 e. The summed E-state index contributed by atoms with van der Waals surface area (Å²) in [6.07, 6.45) is 6.49. The Labute approximate surface area is 72.4 Å². The van der Waals surface area contributed by atoms with E-state index < -0.39 is 0 Å². The lowest BCUT2D eigenvalue weighted by molar-refractivity contribution is 0.426. The van der Waals surface area contributed by atoms with Gasteiger partial charge >= 0.3 is 0 Å². The number of nitrogens with one attached hydrogen (secondary N) is 1. The van der Waals surface area contributed by atoms with E-state index in [1.54, 1.807) is 6.33 Å². The van der Waals surface area contributed by atoms with Crippen molar-refractivity contribution in [1.82, 2.24) is 9.97 Å². The second-order valence-electron chi connectivity index (χ2n) is 3.51. The number of hydrogen-bond acceptors (Lipinski definition) is 2. The third-order valence-corrected chi connectivity index (χ3v) is 2.66. The van der Waals surface area contributed by atoms with Crippen molar-refractivity contribution in [2.45, 2.75) is 25.7 Å². The maximum atomic E-state index is 5.53. The number of rotatable bonds is 2. The third kappa shape index (κ3) is 1.37. The molecule has 1 aromatic heterocycles. The highest BCUT2D eigenvalue weighted by Gasteiger charge is 2.19. The molecule has 3 nitrogen and oxygen atoms in total. The Kier molecular flexibility index (Phi) is 2.13. The van der Waals surface area contributed by atoms with E-state index in [9.17, 15) is 0 Å². The summed E-state index contributed by atoms with van der Waals surface area (Å²) in [5.74, 6) is 0.781. The molecule has 66 valence electrons. The van der Waals surface area contributed by atoms with E-state index in [4.69, 9.17) is 5.73 Å². The Morgan fingerprint density at radius 3 is 3.42 bits per heavy atom. The second-order valence-corrected chi connectivity index (χ2v) is 3.51. The summed E-state index contributed by atoms with van der Waals surface area (Å²) in [7, 11) is 0. The SMILES string of the molecule is NCCC1CCc2nc[nH]c2C1. The molecule has 0 aliphatic heterocycles. The van der Waals surface area contributed by atoms with Gasteiger partial charge in [0.25, 0.3) is 0 Å². The average Bonchev–Trinajstić information content (AvgIpc) is 2.51. The van der Waals surface area contributed by atoms with Gasteiger partial charge in [-0.15, -0.1) is 0 Å². The molecule has 0 saturated heterocycles. The molecule has 1 heterocycles. The van der Waals surface area contributed by atoms with Crippen molar-refractivity contribution >= 4 is 0 Å². The van der Waals surface area contributed by atoms with Gasteiger partial charge in [-0.25, -0.2) is 4.98 Å². The number of nitrogens with two attached hydrogens (primary N) is 1. The number of nitrogens with zero attached hydrogens (tertiary/aromatic N) is 1. The number of imidazole rings is 1. The third-order valence-electron chi connectivity index (χ3n) is 2.66. The highest BCUT2D eigenvalue weighted by molar-refractivity contribution is 5.15. The van der Waals surface area contributed by atoms with Crippen LogP contribution in [0.25, 0.3) is 0 Å². The Balaban J connectivity index is 2.05. The molecule has 0 spiro atoms. The van der Waals surface area contributed by atoms with Gasteiger partial charge in [0.2, 0.25) is 0 Å². The first kappa shape index (κ1) is 7.80. The van der Waals surface area contributed by atoms with Crippen molar-refractivity contribution < 1.29 is 0 Å². The van der Waals surface area contributed by atoms with Crippen molar-refractivity contribution in [2.24, 2.45) is 11.7 Å². The molecule has 0 amide bonds. The van der Waals surface area contributed by atoms with Gasteiger partial charge in [0.15, 0.2) is 0 Å². The molecule has 12 heavy (non-hydrogen) atoms. The van der Waals surface area contributed by atoms with Crippen molar-refractivity contribution in [1.29, 1.82) is 0 Å². The molecule has 3 N–H and O–H groups in total. The zero-order chi connectivity index (χ0) is 8.39. The van der Waals surface area contributed by atoms with Gasteiger partial charge in [0, 0.05) is 5.69 Å². The highest BCUT2D eigenvalue weighted by Crippen LogP contribution is 2.24. The standard InChI is InChI=1S/C9H15N3/c10-4-3-7-1-2-8-9(5-7)12-6-11-8/h6-7H,1-5,10H2,(H,11,12). The number of fused-ring (bicyclic) bond motifs is 1. The smallest absolute Gasteiger partial charge is 0.0925 e. The van der Waals surface area contributed by atoms with Crippen LogP contribution in [0.15, 0.2) is 6.33 Å². The van der Waals surface area contributed by atoms with Gasteiger partial charge in [-0.05, 0) is 38.1 Å². The van der Waals surface area contributed by atoms with E-state index in [2.05, 4.69) is 9.97 Å². The molecule has 0 fully saturated rings. The van der Waals surface area contributed by atoms with E-state index in [-0.39, 0.29) is 0 Å². The molecule has 1 unspecified atom stereocenters. The van der Waals surface area contributed by atoms with E-state index in [1.807, 2.05) is 0 Å². The predicted octanol–water partition coefficient (Wildman–Crippen LogP) is 0.863. The van der Waals surface area contributed by atoms with Gasteiger partial charge in [-0.1, -0.05) is 0 Å². The number of hydrogen-bond donors (Lipinski definition) is 2. The molecule has 1 atom stereocenters. The fourth-order valence-electron chi connectivity index (χ4n) is 1.96. The van der Waals surface area contributed by atoms with E-state index >= 15 is 0 Å². The first-order valence-electron chi connectivity index (χ1n) is 4.61. The summed E-state index contributed by atoms with van der Waals surface area (Å²) in [6, 6.07) is 0. The topological polar surface area (TPSA) is 54.7 Å². The molecule has 0 radical (unpaired) electrons. The van der Waals surface area contributed by atoms with Crippen LogP contribution in [0.2, 0.25) is 0 Å². The molecule has 1 aliphatic rings. The summed E-state index contributed by atoms with van der Waals surface area (Å²) in [5, 5.41) is 0. The fourth-order valence-corrected chi connectivity index (χ4v) is 1.96. The van der Waals surface area contributed by atoms with Crippen molar-refractivity contribution in [3.8, 4) is 0 Å². The summed E-state index contributed by atoms with van der Waals surface area (Å²) in [6.45, 7) is 0.814. The summed E-state index contributed by atoms with van der Waals surface area (Å²) in [4.78, 5) is 7.46. The quantitative estimate of drug-likeness (QED) is 0.683. The Bertz CT molecular complexity index is 254. The average molecular weight is 165 g/mol. The molecule has 0 aromatic carbocycles. The number of aromatic amines is 1. The van der Waals surface area contributed by atoms with Crippen LogP contribution < -0.4 is 5.73 Å². The minimum Gasteiger partial charge on any atom is -0.348 e. The molecule has 1 aromatic rings. The first-order valence-corrected chi connectivity index (χ1v) is 4.61. The van der Waals surface area contributed by atoms with Crippen molar-refractivity contribution in [3.63, 3.8) is 0 Å². The zero-order valence-corrected chi connectivity index (χ0v) is 7.21. The van der Waals surface area contributed by atoms with E-state index in [0.717, 1.165) is 31.7 Å². The summed E-state index contributed by atoms with van der Waals surface area (Å²) in [5.41, 5.74) is 8.13. The molecule has 0 saturated carbocycles. The lowest BCUT2D eigenvalue weighted by atomic mass is 9.87. The number of aromatic nitrogens is 2. The minimum atomic E-state index is 0.781. The lowest BCUT2D eigenvalue weighted by Gasteiger charge is -2.20. The van der Waals surface area contributed by atoms with Crippen molar-refractivity contribution in [2.75, 3.05) is 6.54 Å². The highest BCUT2D eigenvalue weighted by atomic mass is 14.9. The predicted molar refractivity (Wildman–Crippen MR) is 47.8 cm³/mol. The van der Waals surface area contributed by atoms with Gasteiger partial charge in [0.05, 0.1) is 12.0 Å². The maximum Gasteiger partial charge on any atom is 0.0925 e. The van der Waals surface area contributed by atoms with Crippen LogP contribution in [0.4, 0.5) is 0 Å². The molecular formula is C9H15N3. The normalized spacial score (nSPS) is 22.2. The maximum absolute atomic E-state index is 5.53. The van der Waals surface area contributed by atoms with Crippen LogP contribution >= 0.6 is 0 Å². The monoisotopic (exact) mass is 165 g/mol. The Morgan fingerprint density at radius 2 is 2.58 bits per heavy atom. The van der Waals surface area contributed by atoms with Gasteiger partial charge in [0.1, 0.15) is 0 Å². The molecule has 3 heteroatoms. The number of aryl methyl sites for hydroxylation is 1. The minimum absolute atomic E-state index is 0.781. The molecular weight excluding hydrogens is 150 g/mol. The van der Waals surface area contributed by atoms with Crippen LogP contribution in [-0.4, -0.2) is 16.5 Å². The molecule has 1 aliphatic carbocycles. The van der Waals surface area contributed by atoms with Crippen LogP contribution in [-0.2, 0) is 12.8 Å². The van der Waals surface area contributed by atoms with Crippen molar-refractivity contribution in [3.05, 3.63) is 17.7 Å². The zero-order valence-electron chi connectivity index (χ0n) is 7.21. The van der Waals surface area contributed by atoms with Crippen LogP contribution in [0.1, 0.15) is 24.2 Å². The van der Waals surface area contributed by atoms with Gasteiger partial charge in [-0.3, -0.25) is 0 Å². The van der Waals surface area contributed by atoms with E-state index in [1.165, 1.54) is 17.8 Å². The first-order chi connectivity index (χ1) is 5.90. The summed E-state index contributed by atoms with van der Waals surface area (Å²) >= 11 is 0. The number of H-pyrrole nitrogens is 1. The fraction of sp³-hybridized carbons (Fsp3) is 0.667. The second kappa shape index (κ2) is 3.27. The summed E-state index contributed by atoms with van der Waals surface area (Å²) < 4.78 is 0. The van der Waals surface area contributed by atoms with Crippen LogP contribution in [0, 0.1) is 5.92 Å². The van der Waals surface area contributed by atoms with Gasteiger partial charge in [-0.2, -0.15) is 0 Å². The Hall–Kier alpha value is -0.830. The molecule has 0 bridgehead atoms. The Morgan fingerprint density at radius 1 is 1.67 bits per heavy atom. The molecule has 2 rings (SSSR count). The van der Waals surface area contributed by atoms with Crippen LogP contribution in [0.3, 0.4) is 0 Å². The lowest BCUT2D eigenvalue weighted by Crippen LogP contribution is -2.17. The van der Waals surface area contributed by atoms with Crippen LogP contribution in [0.5, 0.6) is 0 Å².